The van der Waals surface area contributed by atoms with E-state index in [2.05, 4.69) is 20.7 Å². The van der Waals surface area contributed by atoms with E-state index in [1.54, 1.807) is 30.8 Å². The van der Waals surface area contributed by atoms with Crippen molar-refractivity contribution in [2.75, 3.05) is 5.32 Å². The van der Waals surface area contributed by atoms with Gasteiger partial charge in [0.1, 0.15) is 10.7 Å². The van der Waals surface area contributed by atoms with Gasteiger partial charge in [0.25, 0.3) is 0 Å². The highest BCUT2D eigenvalue weighted by Gasteiger charge is 2.34. The fraction of sp³-hybridized carbons (Fsp3) is 0.458. The number of aliphatic hydroxyl groups is 1. The average Bonchev–Trinajstić information content (AvgIpc) is 3.12. The van der Waals surface area contributed by atoms with Gasteiger partial charge in [-0.05, 0) is 63.8 Å². The molecule has 2 atom stereocenters. The van der Waals surface area contributed by atoms with Crippen molar-refractivity contribution in [3.63, 3.8) is 0 Å². The Balaban J connectivity index is 1.49. The minimum atomic E-state index is -4.57. The maximum Gasteiger partial charge on any atom is 0.433 e. The Kier molecular flexibility index (Phi) is 7.71. The zero-order valence-electron chi connectivity index (χ0n) is 19.7. The molecule has 36 heavy (non-hydrogen) atoms. The fourth-order valence-corrected chi connectivity index (χ4v) is 5.21. The molecule has 1 fully saturated rings. The van der Waals surface area contributed by atoms with Crippen molar-refractivity contribution in [2.24, 2.45) is 0 Å². The first-order valence-electron chi connectivity index (χ1n) is 11.5. The normalized spacial score (nSPS) is 18.9. The van der Waals surface area contributed by atoms with Crippen molar-refractivity contribution in [3.05, 3.63) is 51.9 Å². The minimum Gasteiger partial charge on any atom is -0.389 e. The summed E-state index contributed by atoms with van der Waals surface area (Å²) in [5, 5.41) is 22.1. The van der Waals surface area contributed by atoms with Crippen LogP contribution in [0.3, 0.4) is 0 Å². The highest BCUT2D eigenvalue weighted by Crippen LogP contribution is 2.35. The van der Waals surface area contributed by atoms with Crippen molar-refractivity contribution in [2.45, 2.75) is 69.9 Å². The van der Waals surface area contributed by atoms with Crippen LogP contribution in [0.5, 0.6) is 0 Å². The van der Waals surface area contributed by atoms with Crippen LogP contribution in [0.1, 0.15) is 50.8 Å². The molecule has 0 aliphatic heterocycles. The largest absolute Gasteiger partial charge is 0.433 e. The summed E-state index contributed by atoms with van der Waals surface area (Å²) in [5.41, 5.74) is -0.781. The third-order valence-electron chi connectivity index (χ3n) is 5.94. The summed E-state index contributed by atoms with van der Waals surface area (Å²) in [5.74, 6) is 0. The summed E-state index contributed by atoms with van der Waals surface area (Å²) in [6.07, 6.45) is 0.272. The van der Waals surface area contributed by atoms with Crippen LogP contribution in [0.15, 0.2) is 30.5 Å². The first-order chi connectivity index (χ1) is 16.8. The van der Waals surface area contributed by atoms with Crippen LogP contribution in [0.4, 0.5) is 18.9 Å². The van der Waals surface area contributed by atoms with Gasteiger partial charge in [0, 0.05) is 34.4 Å². The van der Waals surface area contributed by atoms with Gasteiger partial charge in [-0.25, -0.2) is 4.98 Å². The van der Waals surface area contributed by atoms with E-state index in [0.717, 1.165) is 25.3 Å². The molecule has 0 radical (unpaired) electrons. The standard InChI is InChI=1S/C24H26Cl2F3N5OS/c1-23(2,35)12-34-11-17(21(26)33-34)22(36)31-15-5-3-4-14(9-15)30-19-10-20(24(27,28)29)32-18-7-6-13(25)8-16(18)19/h6-8,10-11,14-15,35H,3-5,9,12H2,1-2H3,(H,30,32)(H,31,36)/t14-,15+/m0/s1. The maximum absolute atomic E-state index is 13.5. The van der Waals surface area contributed by atoms with Gasteiger partial charge in [0.2, 0.25) is 0 Å². The molecule has 6 nitrogen and oxygen atoms in total. The molecule has 2 heterocycles. The number of nitrogens with one attached hydrogen (secondary N) is 2. The Bertz CT molecular complexity index is 1280. The average molecular weight is 560 g/mol. The van der Waals surface area contributed by atoms with Crippen molar-refractivity contribution in [1.29, 1.82) is 0 Å². The van der Waals surface area contributed by atoms with Crippen LogP contribution >= 0.6 is 35.4 Å². The van der Waals surface area contributed by atoms with Crippen molar-refractivity contribution < 1.29 is 18.3 Å². The molecule has 0 bridgehead atoms. The van der Waals surface area contributed by atoms with E-state index in [4.69, 9.17) is 35.4 Å². The quantitative estimate of drug-likeness (QED) is 0.311. The molecule has 0 unspecified atom stereocenters. The van der Waals surface area contributed by atoms with Gasteiger partial charge < -0.3 is 15.7 Å². The molecule has 194 valence electrons. The number of hydrogen-bond acceptors (Lipinski definition) is 5. The summed E-state index contributed by atoms with van der Waals surface area (Å²) in [6, 6.07) is 5.58. The van der Waals surface area contributed by atoms with Gasteiger partial charge >= 0.3 is 6.18 Å². The number of pyridine rings is 1. The Morgan fingerprint density at radius 1 is 1.19 bits per heavy atom. The monoisotopic (exact) mass is 559 g/mol. The Hall–Kier alpha value is -2.14. The summed E-state index contributed by atoms with van der Waals surface area (Å²) < 4.78 is 42.0. The smallest absolute Gasteiger partial charge is 0.389 e. The summed E-state index contributed by atoms with van der Waals surface area (Å²) >= 11 is 18.0. The molecule has 4 rings (SSSR count). The summed E-state index contributed by atoms with van der Waals surface area (Å²) in [6.45, 7) is 3.60. The number of benzene rings is 1. The molecule has 1 aliphatic rings. The van der Waals surface area contributed by atoms with E-state index in [0.29, 0.717) is 33.1 Å². The van der Waals surface area contributed by atoms with Gasteiger partial charge in [0.15, 0.2) is 5.15 Å². The van der Waals surface area contributed by atoms with Crippen molar-refractivity contribution in [3.8, 4) is 0 Å². The molecular formula is C24H26Cl2F3N5OS. The highest BCUT2D eigenvalue weighted by molar-refractivity contribution is 7.80. The Morgan fingerprint density at radius 3 is 2.61 bits per heavy atom. The Labute approximate surface area is 222 Å². The maximum atomic E-state index is 13.5. The third-order valence-corrected chi connectivity index (χ3v) is 6.79. The lowest BCUT2D eigenvalue weighted by Gasteiger charge is -2.32. The molecule has 0 saturated heterocycles. The molecular weight excluding hydrogens is 534 g/mol. The van der Waals surface area contributed by atoms with Crippen LogP contribution in [0.2, 0.25) is 10.2 Å². The minimum absolute atomic E-state index is 0.00350. The first kappa shape index (κ1) is 26.9. The number of rotatable bonds is 6. The van der Waals surface area contributed by atoms with Crippen molar-refractivity contribution >= 4 is 57.0 Å². The van der Waals surface area contributed by atoms with Gasteiger partial charge in [-0.15, -0.1) is 0 Å². The molecule has 3 aromatic rings. The molecule has 12 heteroatoms. The summed E-state index contributed by atoms with van der Waals surface area (Å²) in [7, 11) is 0. The predicted molar refractivity (Wildman–Crippen MR) is 140 cm³/mol. The zero-order chi connectivity index (χ0) is 26.3. The molecule has 1 aliphatic carbocycles. The second kappa shape index (κ2) is 10.3. The van der Waals surface area contributed by atoms with Crippen LogP contribution in [-0.2, 0) is 12.7 Å². The molecule has 1 saturated carbocycles. The fourth-order valence-electron chi connectivity index (χ4n) is 4.43. The number of thiocarbonyl (C=S) groups is 1. The second-order valence-corrected chi connectivity index (χ2v) is 10.9. The molecule has 0 amide bonds. The Morgan fingerprint density at radius 2 is 1.92 bits per heavy atom. The van der Waals surface area contributed by atoms with E-state index in [9.17, 15) is 18.3 Å². The van der Waals surface area contributed by atoms with E-state index >= 15 is 0 Å². The predicted octanol–water partition coefficient (Wildman–Crippen LogP) is 6.22. The van der Waals surface area contributed by atoms with Crippen LogP contribution < -0.4 is 10.6 Å². The van der Waals surface area contributed by atoms with E-state index in [-0.39, 0.29) is 29.3 Å². The van der Waals surface area contributed by atoms with Gasteiger partial charge in [0.05, 0.1) is 23.2 Å². The molecule has 2 aromatic heterocycles. The number of halogens is 5. The van der Waals surface area contributed by atoms with Gasteiger partial charge in [-0.2, -0.15) is 18.3 Å². The van der Waals surface area contributed by atoms with Crippen LogP contribution in [0, 0.1) is 0 Å². The van der Waals surface area contributed by atoms with E-state index in [1.165, 1.54) is 12.1 Å². The number of nitrogens with zero attached hydrogens (tertiary/aromatic N) is 3. The molecule has 1 aromatic carbocycles. The zero-order valence-corrected chi connectivity index (χ0v) is 22.0. The lowest BCUT2D eigenvalue weighted by atomic mass is 9.90. The number of anilines is 1. The van der Waals surface area contributed by atoms with E-state index < -0.39 is 17.5 Å². The number of fused-ring (bicyclic) bond motifs is 1. The molecule has 3 N–H and O–H groups in total. The van der Waals surface area contributed by atoms with Crippen molar-refractivity contribution in [1.82, 2.24) is 20.1 Å². The number of hydrogen-bond donors (Lipinski definition) is 3. The second-order valence-electron chi connectivity index (χ2n) is 9.74. The molecule has 0 spiro atoms. The summed E-state index contributed by atoms with van der Waals surface area (Å²) in [4.78, 5) is 4.21. The lowest BCUT2D eigenvalue weighted by Crippen LogP contribution is -2.41. The first-order valence-corrected chi connectivity index (χ1v) is 12.7. The topological polar surface area (TPSA) is 75.0 Å². The number of aromatic nitrogens is 3. The van der Waals surface area contributed by atoms with Gasteiger partial charge in [-0.3, -0.25) is 4.68 Å². The highest BCUT2D eigenvalue weighted by atomic mass is 35.5. The van der Waals surface area contributed by atoms with Gasteiger partial charge in [-0.1, -0.05) is 35.4 Å². The SMILES string of the molecule is CC(C)(O)Cn1cc(C(=S)N[C@@H]2CCC[C@H](Nc3cc(C(F)(F)F)nc4ccc(Cl)cc34)C2)c(Cl)n1. The van der Waals surface area contributed by atoms with E-state index in [1.807, 2.05) is 0 Å². The lowest BCUT2D eigenvalue weighted by molar-refractivity contribution is -0.140. The number of alkyl halides is 3. The van der Waals surface area contributed by atoms with Crippen LogP contribution in [0.25, 0.3) is 10.9 Å². The van der Waals surface area contributed by atoms with Crippen LogP contribution in [-0.4, -0.2) is 42.5 Å². The third kappa shape index (κ3) is 6.59.